The van der Waals surface area contributed by atoms with Crippen LogP contribution in [-0.2, 0) is 19.7 Å². The van der Waals surface area contributed by atoms with Gasteiger partial charge in [-0.3, -0.25) is 4.79 Å². The Morgan fingerprint density at radius 3 is 2.68 bits per heavy atom. The third kappa shape index (κ3) is 3.90. The summed E-state index contributed by atoms with van der Waals surface area (Å²) in [6.07, 6.45) is 3.92. The van der Waals surface area contributed by atoms with Gasteiger partial charge in [0.2, 0.25) is 0 Å². The Morgan fingerprint density at radius 2 is 2.11 bits per heavy atom. The molecular weight excluding hydrogens is 268 g/mol. The molecular formula is C12H24N2O4S. The fourth-order valence-corrected chi connectivity index (χ4v) is 3.82. The standard InChI is InChI=1S/C12H24N2O4S/c1-4-5-9-13(2)19(16,17)14-10-7-6-8-11(14)12(15)18-3/h11H,4-10H2,1-3H3/t11-/m1/s1. The zero-order valence-corrected chi connectivity index (χ0v) is 12.8. The molecule has 0 unspecified atom stereocenters. The van der Waals surface area contributed by atoms with Crippen molar-refractivity contribution in [1.29, 1.82) is 0 Å². The molecule has 112 valence electrons. The normalized spacial score (nSPS) is 21.6. The Kier molecular flexibility index (Phi) is 6.22. The van der Waals surface area contributed by atoms with Gasteiger partial charge in [-0.1, -0.05) is 13.3 Å². The number of unbranched alkanes of at least 4 members (excludes halogenated alkanes) is 1. The van der Waals surface area contributed by atoms with Crippen LogP contribution in [0.1, 0.15) is 39.0 Å². The fraction of sp³-hybridized carbons (Fsp3) is 0.917. The lowest BCUT2D eigenvalue weighted by molar-refractivity contribution is -0.146. The van der Waals surface area contributed by atoms with Crippen molar-refractivity contribution < 1.29 is 17.9 Å². The quantitative estimate of drug-likeness (QED) is 0.685. The van der Waals surface area contributed by atoms with Crippen molar-refractivity contribution in [3.05, 3.63) is 0 Å². The number of ether oxygens (including phenoxy) is 1. The number of hydrogen-bond donors (Lipinski definition) is 0. The average molecular weight is 292 g/mol. The van der Waals surface area contributed by atoms with Crippen LogP contribution in [0, 0.1) is 0 Å². The molecule has 0 N–H and O–H groups in total. The highest BCUT2D eigenvalue weighted by Crippen LogP contribution is 2.23. The van der Waals surface area contributed by atoms with Crippen LogP contribution in [0.5, 0.6) is 0 Å². The molecule has 1 saturated heterocycles. The lowest BCUT2D eigenvalue weighted by atomic mass is 10.1. The Morgan fingerprint density at radius 1 is 1.42 bits per heavy atom. The van der Waals surface area contributed by atoms with Gasteiger partial charge in [0, 0.05) is 20.1 Å². The number of carbonyl (C=O) groups excluding carboxylic acids is 1. The molecule has 0 aromatic rings. The van der Waals surface area contributed by atoms with E-state index < -0.39 is 22.2 Å². The number of nitrogens with zero attached hydrogens (tertiary/aromatic N) is 2. The lowest BCUT2D eigenvalue weighted by Crippen LogP contribution is -2.52. The van der Waals surface area contributed by atoms with E-state index in [4.69, 9.17) is 4.74 Å². The zero-order valence-electron chi connectivity index (χ0n) is 12.0. The third-order valence-corrected chi connectivity index (χ3v) is 5.44. The van der Waals surface area contributed by atoms with E-state index in [1.165, 1.54) is 15.7 Å². The summed E-state index contributed by atoms with van der Waals surface area (Å²) in [5.74, 6) is -0.466. The number of piperidine rings is 1. The van der Waals surface area contributed by atoms with Gasteiger partial charge in [0.05, 0.1) is 7.11 Å². The summed E-state index contributed by atoms with van der Waals surface area (Å²) in [7, 11) is -0.715. The smallest absolute Gasteiger partial charge is 0.324 e. The van der Waals surface area contributed by atoms with Crippen LogP contribution in [0.3, 0.4) is 0 Å². The first-order valence-electron chi connectivity index (χ1n) is 6.76. The first-order valence-corrected chi connectivity index (χ1v) is 8.15. The highest BCUT2D eigenvalue weighted by molar-refractivity contribution is 7.86. The van der Waals surface area contributed by atoms with E-state index in [1.54, 1.807) is 7.05 Å². The van der Waals surface area contributed by atoms with Gasteiger partial charge >= 0.3 is 5.97 Å². The maximum atomic E-state index is 12.5. The van der Waals surface area contributed by atoms with E-state index in [-0.39, 0.29) is 0 Å². The molecule has 0 aromatic heterocycles. The Hall–Kier alpha value is -0.660. The SMILES string of the molecule is CCCCN(C)S(=O)(=O)N1CCCC[C@@H]1C(=O)OC. The second kappa shape index (κ2) is 7.21. The zero-order chi connectivity index (χ0) is 14.5. The van der Waals surface area contributed by atoms with Gasteiger partial charge in [-0.2, -0.15) is 17.0 Å². The number of methoxy groups -OCH3 is 1. The molecule has 1 rings (SSSR count). The summed E-state index contributed by atoms with van der Waals surface area (Å²) in [5, 5.41) is 0. The van der Waals surface area contributed by atoms with E-state index in [9.17, 15) is 13.2 Å². The summed E-state index contributed by atoms with van der Waals surface area (Å²) in [6.45, 7) is 2.88. The minimum Gasteiger partial charge on any atom is -0.468 e. The van der Waals surface area contributed by atoms with Crippen molar-refractivity contribution in [3.63, 3.8) is 0 Å². The van der Waals surface area contributed by atoms with Crippen LogP contribution in [0.4, 0.5) is 0 Å². The fourth-order valence-electron chi connectivity index (χ4n) is 2.23. The molecule has 1 atom stereocenters. The van der Waals surface area contributed by atoms with Gasteiger partial charge in [0.15, 0.2) is 0 Å². The van der Waals surface area contributed by atoms with Crippen LogP contribution >= 0.6 is 0 Å². The summed E-state index contributed by atoms with van der Waals surface area (Å²) in [4.78, 5) is 11.7. The van der Waals surface area contributed by atoms with Crippen molar-refractivity contribution in [2.24, 2.45) is 0 Å². The molecule has 1 aliphatic rings. The molecule has 0 amide bonds. The first-order chi connectivity index (χ1) is 8.95. The Labute approximate surface area is 115 Å². The molecule has 0 spiro atoms. The van der Waals surface area contributed by atoms with Gasteiger partial charge < -0.3 is 4.74 Å². The molecule has 1 aliphatic heterocycles. The van der Waals surface area contributed by atoms with Crippen LogP contribution in [0.25, 0.3) is 0 Å². The predicted octanol–water partition coefficient (Wildman–Crippen LogP) is 0.991. The van der Waals surface area contributed by atoms with E-state index in [1.807, 2.05) is 6.92 Å². The molecule has 1 fully saturated rings. The molecule has 0 saturated carbocycles. The minimum absolute atomic E-state index is 0.387. The van der Waals surface area contributed by atoms with Gasteiger partial charge in [-0.15, -0.1) is 0 Å². The second-order valence-corrected chi connectivity index (χ2v) is 6.82. The van der Waals surface area contributed by atoms with Gasteiger partial charge in [-0.25, -0.2) is 0 Å². The van der Waals surface area contributed by atoms with E-state index >= 15 is 0 Å². The molecule has 0 bridgehead atoms. The summed E-state index contributed by atoms with van der Waals surface area (Å²) >= 11 is 0. The largest absolute Gasteiger partial charge is 0.468 e. The third-order valence-electron chi connectivity index (χ3n) is 3.44. The predicted molar refractivity (Wildman–Crippen MR) is 72.8 cm³/mol. The van der Waals surface area contributed by atoms with Crippen LogP contribution < -0.4 is 0 Å². The summed E-state index contributed by atoms with van der Waals surface area (Å²) < 4.78 is 32.3. The minimum atomic E-state index is -3.57. The van der Waals surface area contributed by atoms with Crippen LogP contribution in [0.15, 0.2) is 0 Å². The van der Waals surface area contributed by atoms with Crippen LogP contribution in [-0.4, -0.2) is 56.3 Å². The molecule has 7 heteroatoms. The molecule has 1 heterocycles. The Bertz CT molecular complexity index is 397. The van der Waals surface area contributed by atoms with Crippen molar-refractivity contribution in [3.8, 4) is 0 Å². The molecule has 0 aromatic carbocycles. The monoisotopic (exact) mass is 292 g/mol. The highest BCUT2D eigenvalue weighted by atomic mass is 32.2. The average Bonchev–Trinajstić information content (AvgIpc) is 2.43. The van der Waals surface area contributed by atoms with E-state index in [0.717, 1.165) is 25.7 Å². The summed E-state index contributed by atoms with van der Waals surface area (Å²) in [5.41, 5.74) is 0. The number of hydrogen-bond acceptors (Lipinski definition) is 4. The molecule has 0 radical (unpaired) electrons. The summed E-state index contributed by atoms with van der Waals surface area (Å²) in [6, 6.07) is -0.673. The highest BCUT2D eigenvalue weighted by Gasteiger charge is 2.39. The molecule has 6 nitrogen and oxygen atoms in total. The first kappa shape index (κ1) is 16.4. The number of rotatable bonds is 6. The maximum Gasteiger partial charge on any atom is 0.324 e. The van der Waals surface area contributed by atoms with Crippen molar-refractivity contribution in [2.75, 3.05) is 27.2 Å². The van der Waals surface area contributed by atoms with E-state index in [0.29, 0.717) is 19.5 Å². The van der Waals surface area contributed by atoms with Crippen molar-refractivity contribution in [2.45, 2.75) is 45.1 Å². The topological polar surface area (TPSA) is 66.9 Å². The Balaban J connectivity index is 2.86. The van der Waals surface area contributed by atoms with Crippen LogP contribution in [0.2, 0.25) is 0 Å². The number of esters is 1. The second-order valence-electron chi connectivity index (χ2n) is 4.83. The van der Waals surface area contributed by atoms with Crippen molar-refractivity contribution >= 4 is 16.2 Å². The maximum absolute atomic E-state index is 12.5. The number of carbonyl (C=O) groups is 1. The van der Waals surface area contributed by atoms with Gasteiger partial charge in [0.1, 0.15) is 6.04 Å². The van der Waals surface area contributed by atoms with Crippen molar-refractivity contribution in [1.82, 2.24) is 8.61 Å². The molecule has 19 heavy (non-hydrogen) atoms. The van der Waals surface area contributed by atoms with Gasteiger partial charge in [0.25, 0.3) is 10.2 Å². The van der Waals surface area contributed by atoms with Gasteiger partial charge in [-0.05, 0) is 25.7 Å². The van der Waals surface area contributed by atoms with E-state index in [2.05, 4.69) is 0 Å². The lowest BCUT2D eigenvalue weighted by Gasteiger charge is -2.35. The molecule has 0 aliphatic carbocycles.